The van der Waals surface area contributed by atoms with Crippen molar-refractivity contribution in [3.63, 3.8) is 0 Å². The molecular formula is C20H26O7. The van der Waals surface area contributed by atoms with Crippen molar-refractivity contribution in [2.24, 2.45) is 5.92 Å². The maximum Gasteiger partial charge on any atom is 0.336 e. The third kappa shape index (κ3) is 3.85. The number of carbonyl (C=O) groups is 2. The van der Waals surface area contributed by atoms with Crippen molar-refractivity contribution in [3.05, 3.63) is 35.5 Å². The monoisotopic (exact) mass is 378 g/mol. The van der Waals surface area contributed by atoms with E-state index >= 15 is 0 Å². The fourth-order valence-electron chi connectivity index (χ4n) is 3.95. The number of carbonyl (C=O) groups excluding carboxylic acids is 2. The van der Waals surface area contributed by atoms with Crippen LogP contribution in [0.4, 0.5) is 0 Å². The molecule has 2 aliphatic heterocycles. The van der Waals surface area contributed by atoms with Crippen LogP contribution in [-0.2, 0) is 23.8 Å². The maximum absolute atomic E-state index is 12.5. The van der Waals surface area contributed by atoms with E-state index in [2.05, 4.69) is 12.7 Å². The zero-order chi connectivity index (χ0) is 19.8. The van der Waals surface area contributed by atoms with E-state index in [9.17, 15) is 14.7 Å². The van der Waals surface area contributed by atoms with Gasteiger partial charge < -0.3 is 24.4 Å². The summed E-state index contributed by atoms with van der Waals surface area (Å²) in [5.41, 5.74) is 0.888. The molecule has 0 aromatic carbocycles. The minimum absolute atomic E-state index is 0.0314. The first kappa shape index (κ1) is 19.8. The average molecular weight is 378 g/mol. The van der Waals surface area contributed by atoms with Gasteiger partial charge in [0.05, 0.1) is 30.3 Å². The number of hydrogen-bond donors (Lipinski definition) is 2. The summed E-state index contributed by atoms with van der Waals surface area (Å²) in [6.45, 7) is 6.86. The lowest BCUT2D eigenvalue weighted by Gasteiger charge is -2.28. The zero-order valence-electron chi connectivity index (χ0n) is 15.6. The molecule has 2 N–H and O–H groups in total. The number of esters is 2. The number of hydrogen-bond acceptors (Lipinski definition) is 7. The zero-order valence-corrected chi connectivity index (χ0v) is 15.6. The predicted octanol–water partition coefficient (Wildman–Crippen LogP) is 1.19. The van der Waals surface area contributed by atoms with E-state index in [1.807, 2.05) is 13.8 Å². The minimum Gasteiger partial charge on any atom is -0.458 e. The predicted molar refractivity (Wildman–Crippen MR) is 95.5 cm³/mol. The smallest absolute Gasteiger partial charge is 0.336 e. The molecule has 148 valence electrons. The molecule has 0 amide bonds. The number of aliphatic hydroxyl groups excluding tert-OH is 2. The molecule has 0 spiro atoms. The molecule has 0 unspecified atom stereocenters. The molecule has 2 fully saturated rings. The standard InChI is InChI=1S/C20H26O7/c1-11-5-4-7-20(3)17(27-20)16-15(12(2)18(23)26-16)14(9-11)25-19(24)13(10-22)6-8-21/h5-6,14-17,21-22H,2,4,7-10H2,1,3H3/b11-5+,13-6-/t14-,15+,16+,17+,20-/m1/s1. The SMILES string of the molecule is C=C1C(=O)O[C@H]2[C@@H]1[C@H](OC(=O)/C(=C\CO)CO)C/C(C)=C/CC[C@@]1(C)O[C@@H]21. The van der Waals surface area contributed by atoms with Gasteiger partial charge in [-0.15, -0.1) is 0 Å². The van der Waals surface area contributed by atoms with Gasteiger partial charge >= 0.3 is 11.9 Å². The lowest BCUT2D eigenvalue weighted by Crippen LogP contribution is -2.38. The molecule has 0 aromatic rings. The highest BCUT2D eigenvalue weighted by Crippen LogP contribution is 2.50. The summed E-state index contributed by atoms with van der Waals surface area (Å²) < 4.78 is 17.1. The van der Waals surface area contributed by atoms with E-state index in [0.29, 0.717) is 6.42 Å². The summed E-state index contributed by atoms with van der Waals surface area (Å²) in [6.07, 6.45) is 3.85. The van der Waals surface area contributed by atoms with Crippen molar-refractivity contribution in [2.75, 3.05) is 13.2 Å². The van der Waals surface area contributed by atoms with E-state index in [4.69, 9.17) is 19.3 Å². The Hall–Kier alpha value is -1.96. The summed E-state index contributed by atoms with van der Waals surface area (Å²) in [4.78, 5) is 24.6. The van der Waals surface area contributed by atoms with Crippen molar-refractivity contribution < 1.29 is 34.0 Å². The van der Waals surface area contributed by atoms with Gasteiger partial charge in [-0.25, -0.2) is 9.59 Å². The highest BCUT2D eigenvalue weighted by atomic mass is 16.6. The lowest BCUT2D eigenvalue weighted by molar-refractivity contribution is -0.149. The summed E-state index contributed by atoms with van der Waals surface area (Å²) >= 11 is 0. The van der Waals surface area contributed by atoms with E-state index in [1.165, 1.54) is 6.08 Å². The fraction of sp³-hybridized carbons (Fsp3) is 0.600. The Morgan fingerprint density at radius 1 is 1.48 bits per heavy atom. The quantitative estimate of drug-likeness (QED) is 0.328. The average Bonchev–Trinajstić information content (AvgIpc) is 3.19. The number of epoxide rings is 1. The van der Waals surface area contributed by atoms with Crippen LogP contribution in [0.25, 0.3) is 0 Å². The molecule has 7 heteroatoms. The van der Waals surface area contributed by atoms with E-state index in [1.54, 1.807) is 0 Å². The van der Waals surface area contributed by atoms with Crippen molar-refractivity contribution in [3.8, 4) is 0 Å². The number of allylic oxidation sites excluding steroid dienone is 1. The van der Waals surface area contributed by atoms with Gasteiger partial charge in [0.15, 0.2) is 0 Å². The second kappa shape index (κ2) is 7.58. The topological polar surface area (TPSA) is 106 Å². The molecule has 5 atom stereocenters. The molecule has 2 heterocycles. The Morgan fingerprint density at radius 3 is 2.89 bits per heavy atom. The highest BCUT2D eigenvalue weighted by Gasteiger charge is 2.63. The van der Waals surface area contributed by atoms with Crippen LogP contribution in [-0.4, -0.2) is 59.3 Å². The Morgan fingerprint density at radius 2 is 2.22 bits per heavy atom. The Bertz CT molecular complexity index is 707. The molecule has 1 aliphatic carbocycles. The fourth-order valence-corrected chi connectivity index (χ4v) is 3.95. The first-order valence-corrected chi connectivity index (χ1v) is 9.15. The van der Waals surface area contributed by atoms with Crippen molar-refractivity contribution in [2.45, 2.75) is 57.0 Å². The van der Waals surface area contributed by atoms with Gasteiger partial charge in [-0.3, -0.25) is 0 Å². The Balaban J connectivity index is 1.92. The number of fused-ring (bicyclic) bond motifs is 3. The molecule has 0 saturated carbocycles. The van der Waals surface area contributed by atoms with Gasteiger partial charge in [0.25, 0.3) is 0 Å². The van der Waals surface area contributed by atoms with E-state index in [-0.39, 0.29) is 29.5 Å². The third-order valence-electron chi connectivity index (χ3n) is 5.59. The van der Waals surface area contributed by atoms with Crippen LogP contribution in [0.1, 0.15) is 33.1 Å². The molecule has 0 aromatic heterocycles. The first-order chi connectivity index (χ1) is 12.8. The van der Waals surface area contributed by atoms with Crippen LogP contribution in [0.5, 0.6) is 0 Å². The van der Waals surface area contributed by atoms with Crippen LogP contribution in [0.3, 0.4) is 0 Å². The second-order valence-corrected chi connectivity index (χ2v) is 7.58. The van der Waals surface area contributed by atoms with Gasteiger partial charge in [-0.2, -0.15) is 0 Å². The van der Waals surface area contributed by atoms with Crippen molar-refractivity contribution in [1.29, 1.82) is 0 Å². The van der Waals surface area contributed by atoms with Crippen LogP contribution >= 0.6 is 0 Å². The summed E-state index contributed by atoms with van der Waals surface area (Å²) in [5.74, 6) is -1.76. The van der Waals surface area contributed by atoms with Gasteiger partial charge in [0.2, 0.25) is 0 Å². The van der Waals surface area contributed by atoms with Crippen LogP contribution in [0, 0.1) is 5.92 Å². The molecule has 3 rings (SSSR count). The Labute approximate surface area is 158 Å². The lowest BCUT2D eigenvalue weighted by atomic mass is 9.82. The van der Waals surface area contributed by atoms with Gasteiger partial charge in [-0.1, -0.05) is 18.2 Å². The highest BCUT2D eigenvalue weighted by molar-refractivity contribution is 5.92. The van der Waals surface area contributed by atoms with Crippen molar-refractivity contribution in [1.82, 2.24) is 0 Å². The van der Waals surface area contributed by atoms with E-state index < -0.39 is 36.7 Å². The molecule has 0 bridgehead atoms. The Kier molecular flexibility index (Phi) is 5.55. The normalized spacial score (nSPS) is 38.2. The molecule has 27 heavy (non-hydrogen) atoms. The van der Waals surface area contributed by atoms with Crippen LogP contribution in [0.15, 0.2) is 35.5 Å². The molecule has 2 saturated heterocycles. The largest absolute Gasteiger partial charge is 0.458 e. The van der Waals surface area contributed by atoms with Gasteiger partial charge in [-0.05, 0) is 32.8 Å². The van der Waals surface area contributed by atoms with Crippen molar-refractivity contribution >= 4 is 11.9 Å². The number of aliphatic hydroxyl groups is 2. The molecular weight excluding hydrogens is 352 g/mol. The molecule has 7 nitrogen and oxygen atoms in total. The second-order valence-electron chi connectivity index (χ2n) is 7.58. The minimum atomic E-state index is -0.730. The van der Waals surface area contributed by atoms with E-state index in [0.717, 1.165) is 18.4 Å². The van der Waals surface area contributed by atoms with Gasteiger partial charge in [0.1, 0.15) is 18.3 Å². The number of rotatable bonds is 4. The summed E-state index contributed by atoms with van der Waals surface area (Å²) in [7, 11) is 0. The summed E-state index contributed by atoms with van der Waals surface area (Å²) in [6, 6.07) is 0. The number of ether oxygens (including phenoxy) is 3. The third-order valence-corrected chi connectivity index (χ3v) is 5.59. The molecule has 0 radical (unpaired) electrons. The molecule has 3 aliphatic rings. The summed E-state index contributed by atoms with van der Waals surface area (Å²) in [5, 5.41) is 18.4. The van der Waals surface area contributed by atoms with Gasteiger partial charge in [0, 0.05) is 12.0 Å². The van der Waals surface area contributed by atoms with Crippen LogP contribution < -0.4 is 0 Å². The first-order valence-electron chi connectivity index (χ1n) is 9.15. The maximum atomic E-state index is 12.5. The van der Waals surface area contributed by atoms with Crippen LogP contribution in [0.2, 0.25) is 0 Å².